The summed E-state index contributed by atoms with van der Waals surface area (Å²) < 4.78 is 0. The van der Waals surface area contributed by atoms with Crippen molar-refractivity contribution in [1.82, 2.24) is 25.1 Å². The van der Waals surface area contributed by atoms with E-state index in [1.165, 1.54) is 0 Å². The molecule has 2 heterocycles. The Morgan fingerprint density at radius 2 is 2.00 bits per heavy atom. The second-order valence-corrected chi connectivity index (χ2v) is 4.78. The summed E-state index contributed by atoms with van der Waals surface area (Å²) in [5.74, 6) is 2.10. The smallest absolute Gasteiger partial charge is 0.340 e. The zero-order valence-electron chi connectivity index (χ0n) is 12.1. The molecule has 8 heteroatoms. The van der Waals surface area contributed by atoms with Gasteiger partial charge in [-0.15, -0.1) is 0 Å². The molecule has 2 aromatic heterocycles. The summed E-state index contributed by atoms with van der Waals surface area (Å²) in [6.45, 7) is 4.57. The van der Waals surface area contributed by atoms with E-state index in [0.717, 1.165) is 17.1 Å². The highest BCUT2D eigenvalue weighted by atomic mass is 16.1. The number of nitrogens with one attached hydrogen (secondary N) is 3. The van der Waals surface area contributed by atoms with Crippen molar-refractivity contribution in [2.24, 2.45) is 0 Å². The lowest BCUT2D eigenvalue weighted by atomic mass is 10.2. The number of H-pyrrole nitrogens is 2. The van der Waals surface area contributed by atoms with Gasteiger partial charge in [0, 0.05) is 38.3 Å². The van der Waals surface area contributed by atoms with E-state index in [0.29, 0.717) is 24.7 Å². The highest BCUT2D eigenvalue weighted by Crippen LogP contribution is 2.17. The fourth-order valence-corrected chi connectivity index (χ4v) is 1.71. The summed E-state index contributed by atoms with van der Waals surface area (Å²) in [6.07, 6.45) is 0.610. The molecule has 108 valence electrons. The van der Waals surface area contributed by atoms with Crippen LogP contribution in [0.4, 0.5) is 11.8 Å². The van der Waals surface area contributed by atoms with Gasteiger partial charge in [-0.05, 0) is 13.8 Å². The fraction of sp³-hybridized carbons (Fsp3) is 0.500. The second-order valence-electron chi connectivity index (χ2n) is 4.78. The van der Waals surface area contributed by atoms with Crippen LogP contribution in [0.25, 0.3) is 0 Å². The summed E-state index contributed by atoms with van der Waals surface area (Å²) in [6, 6.07) is 0. The van der Waals surface area contributed by atoms with E-state index in [-0.39, 0.29) is 5.69 Å². The fourth-order valence-electron chi connectivity index (χ4n) is 1.71. The lowest BCUT2D eigenvalue weighted by Gasteiger charge is -2.15. The molecule has 2 aromatic rings. The van der Waals surface area contributed by atoms with E-state index >= 15 is 0 Å². The minimum atomic E-state index is -0.288. The maximum Gasteiger partial charge on any atom is 0.340 e. The molecule has 0 spiro atoms. The van der Waals surface area contributed by atoms with Gasteiger partial charge in [0.05, 0.1) is 0 Å². The summed E-state index contributed by atoms with van der Waals surface area (Å²) in [5, 5.41) is 9.45. The van der Waals surface area contributed by atoms with Gasteiger partial charge in [0.2, 0.25) is 5.95 Å². The largest absolute Gasteiger partial charge is 0.369 e. The van der Waals surface area contributed by atoms with Gasteiger partial charge in [0.25, 0.3) is 0 Å². The van der Waals surface area contributed by atoms with Crippen LogP contribution in [0.15, 0.2) is 4.79 Å². The summed E-state index contributed by atoms with van der Waals surface area (Å²) in [4.78, 5) is 24.3. The van der Waals surface area contributed by atoms with Crippen LogP contribution in [0.3, 0.4) is 0 Å². The van der Waals surface area contributed by atoms with E-state index in [1.807, 2.05) is 32.8 Å². The third-order valence-corrected chi connectivity index (χ3v) is 2.98. The molecule has 0 saturated carbocycles. The maximum absolute atomic E-state index is 10.9. The van der Waals surface area contributed by atoms with Gasteiger partial charge in [0.1, 0.15) is 11.6 Å². The molecule has 0 amide bonds. The van der Waals surface area contributed by atoms with Gasteiger partial charge in [-0.25, -0.2) is 14.9 Å². The molecule has 8 nitrogen and oxygen atoms in total. The number of aromatic nitrogens is 5. The Balaban J connectivity index is 2.06. The van der Waals surface area contributed by atoms with E-state index < -0.39 is 0 Å². The predicted octanol–water partition coefficient (Wildman–Crippen LogP) is 0.225. The molecule has 20 heavy (non-hydrogen) atoms. The number of hydrogen-bond acceptors (Lipinski definition) is 6. The van der Waals surface area contributed by atoms with Crippen molar-refractivity contribution in [2.75, 3.05) is 30.9 Å². The zero-order chi connectivity index (χ0) is 14.7. The number of rotatable bonds is 5. The normalized spacial score (nSPS) is 10.6. The predicted molar refractivity (Wildman–Crippen MR) is 77.2 cm³/mol. The molecular formula is C12H19N7O. The van der Waals surface area contributed by atoms with Crippen LogP contribution in [-0.4, -0.2) is 45.8 Å². The molecule has 2 rings (SSSR count). The van der Waals surface area contributed by atoms with Crippen molar-refractivity contribution in [3.8, 4) is 0 Å². The van der Waals surface area contributed by atoms with Crippen LogP contribution in [-0.2, 0) is 6.42 Å². The van der Waals surface area contributed by atoms with E-state index in [2.05, 4.69) is 30.5 Å². The Morgan fingerprint density at radius 1 is 1.25 bits per heavy atom. The van der Waals surface area contributed by atoms with Crippen LogP contribution >= 0.6 is 0 Å². The Hall–Kier alpha value is -2.38. The van der Waals surface area contributed by atoms with Crippen LogP contribution in [0, 0.1) is 13.8 Å². The quantitative estimate of drug-likeness (QED) is 0.722. The zero-order valence-corrected chi connectivity index (χ0v) is 12.1. The van der Waals surface area contributed by atoms with Crippen LogP contribution in [0.5, 0.6) is 0 Å². The number of aromatic amines is 2. The molecule has 3 N–H and O–H groups in total. The number of anilines is 2. The van der Waals surface area contributed by atoms with Gasteiger partial charge in [-0.2, -0.15) is 10.1 Å². The highest BCUT2D eigenvalue weighted by molar-refractivity contribution is 5.50. The first-order valence-electron chi connectivity index (χ1n) is 6.37. The van der Waals surface area contributed by atoms with Crippen molar-refractivity contribution in [3.05, 3.63) is 27.6 Å². The average Bonchev–Trinajstić information content (AvgIpc) is 2.80. The van der Waals surface area contributed by atoms with E-state index in [4.69, 9.17) is 0 Å². The van der Waals surface area contributed by atoms with Gasteiger partial charge in [-0.1, -0.05) is 0 Å². The third-order valence-electron chi connectivity index (χ3n) is 2.98. The molecule has 0 bridgehead atoms. The van der Waals surface area contributed by atoms with Crippen molar-refractivity contribution >= 4 is 11.8 Å². The average molecular weight is 277 g/mol. The molecular weight excluding hydrogens is 258 g/mol. The minimum Gasteiger partial charge on any atom is -0.369 e. The first-order valence-corrected chi connectivity index (χ1v) is 6.37. The molecule has 0 aliphatic carbocycles. The number of nitrogens with zero attached hydrogens (tertiary/aromatic N) is 4. The summed E-state index contributed by atoms with van der Waals surface area (Å²) in [7, 11) is 3.81. The summed E-state index contributed by atoms with van der Waals surface area (Å²) in [5.41, 5.74) is 1.68. The number of aryl methyl sites for hydroxylation is 1. The van der Waals surface area contributed by atoms with Crippen LogP contribution in [0.1, 0.15) is 17.1 Å². The topological polar surface area (TPSA) is 103 Å². The molecule has 0 aromatic carbocycles. The van der Waals surface area contributed by atoms with Gasteiger partial charge >= 0.3 is 5.69 Å². The first kappa shape index (κ1) is 14.0. The van der Waals surface area contributed by atoms with Crippen molar-refractivity contribution in [1.29, 1.82) is 0 Å². The number of hydrogen-bond donors (Lipinski definition) is 3. The molecule has 0 radical (unpaired) electrons. The van der Waals surface area contributed by atoms with Crippen molar-refractivity contribution < 1.29 is 0 Å². The van der Waals surface area contributed by atoms with Crippen LogP contribution < -0.4 is 15.9 Å². The molecule has 0 saturated heterocycles. The molecule has 0 fully saturated rings. The Bertz CT molecular complexity index is 643. The van der Waals surface area contributed by atoms with Gasteiger partial charge in [-0.3, -0.25) is 4.98 Å². The molecule has 0 aliphatic heterocycles. The minimum absolute atomic E-state index is 0.288. The summed E-state index contributed by atoms with van der Waals surface area (Å²) >= 11 is 0. The highest BCUT2D eigenvalue weighted by Gasteiger charge is 2.09. The van der Waals surface area contributed by atoms with Gasteiger partial charge in [0.15, 0.2) is 0 Å². The second kappa shape index (κ2) is 5.72. The van der Waals surface area contributed by atoms with Gasteiger partial charge < -0.3 is 10.2 Å². The van der Waals surface area contributed by atoms with Crippen LogP contribution in [0.2, 0.25) is 0 Å². The standard InChI is InChI=1S/C12H19N7O/c1-7-8(2)14-11(19(3)4)16-10(7)13-6-5-9-15-12(20)18-17-9/h5-6H2,1-4H3,(H,13,14,16)(H2,15,17,18,20). The van der Waals surface area contributed by atoms with Crippen molar-refractivity contribution in [2.45, 2.75) is 20.3 Å². The van der Waals surface area contributed by atoms with Crippen molar-refractivity contribution in [3.63, 3.8) is 0 Å². The Kier molecular flexibility index (Phi) is 4.02. The molecule has 0 unspecified atom stereocenters. The monoisotopic (exact) mass is 277 g/mol. The molecule has 0 atom stereocenters. The maximum atomic E-state index is 10.9. The SMILES string of the molecule is Cc1nc(N(C)C)nc(NCCc2n[nH]c(=O)[nH]2)c1C. The van der Waals surface area contributed by atoms with E-state index in [1.54, 1.807) is 0 Å². The lowest BCUT2D eigenvalue weighted by Crippen LogP contribution is -2.17. The lowest BCUT2D eigenvalue weighted by molar-refractivity contribution is 0.888. The third kappa shape index (κ3) is 3.14. The Morgan fingerprint density at radius 3 is 2.60 bits per heavy atom. The first-order chi connectivity index (χ1) is 9.47. The molecule has 0 aliphatic rings. The van der Waals surface area contributed by atoms with E-state index in [9.17, 15) is 4.79 Å². The Labute approximate surface area is 116 Å².